The normalized spacial score (nSPS) is 12.1. The minimum Gasteiger partial charge on any atom is -0.480 e. The molecule has 21 heteroatoms. The molecule has 0 fully saturated rings. The Morgan fingerprint density at radius 3 is 2.34 bits per heavy atom. The number of nitrogen functional groups attached to an aromatic ring is 1. The number of carboxylic acids is 1. The maximum atomic E-state index is 13.0. The summed E-state index contributed by atoms with van der Waals surface area (Å²) >= 11 is 0. The number of rotatable bonds is 27. The topological polar surface area (TPSA) is 293 Å². The van der Waals surface area contributed by atoms with Crippen molar-refractivity contribution >= 4 is 68.3 Å². The second-order valence-electron chi connectivity index (χ2n) is 16.8. The number of aryl methyl sites for hydroxylation is 2. The van der Waals surface area contributed by atoms with Crippen molar-refractivity contribution in [2.45, 2.75) is 90.9 Å². The second-order valence-corrected chi connectivity index (χ2v) is 16.8. The monoisotopic (exact) mass is 936 g/mol. The zero-order valence-corrected chi connectivity index (χ0v) is 38.9. The van der Waals surface area contributed by atoms with Crippen LogP contribution >= 0.6 is 0 Å². The van der Waals surface area contributed by atoms with E-state index in [2.05, 4.69) is 57.7 Å². The number of pyridine rings is 1. The number of fused-ring (bicyclic) bond motifs is 4. The lowest BCUT2D eigenvalue weighted by molar-refractivity contribution is -0.139. The molecule has 0 saturated carbocycles. The first kappa shape index (κ1) is 50.3. The molecular weight excluding hydrogens is 877 g/mol. The third-order valence-corrected chi connectivity index (χ3v) is 10.7. The van der Waals surface area contributed by atoms with Crippen LogP contribution in [0.15, 0.2) is 59.5 Å². The number of aliphatic carboxylic acids is 1. The Morgan fingerprint density at radius 1 is 0.882 bits per heavy atom. The van der Waals surface area contributed by atoms with Gasteiger partial charge in [-0.05, 0) is 63.9 Å². The number of ether oxygens (including phenoxy) is 3. The minimum absolute atomic E-state index is 0.118. The van der Waals surface area contributed by atoms with Crippen LogP contribution in [0.1, 0.15) is 80.6 Å². The van der Waals surface area contributed by atoms with Crippen molar-refractivity contribution in [1.29, 1.82) is 0 Å². The average Bonchev–Trinajstić information content (AvgIpc) is 3.66. The van der Waals surface area contributed by atoms with Gasteiger partial charge < -0.3 is 55.9 Å². The molecule has 8 N–H and O–H groups in total. The van der Waals surface area contributed by atoms with Crippen molar-refractivity contribution in [1.82, 2.24) is 50.4 Å². The number of imidazole rings is 1. The van der Waals surface area contributed by atoms with Gasteiger partial charge in [0.15, 0.2) is 17.0 Å². The number of nitrogens with two attached hydrogens (primary N) is 1. The zero-order valence-electron chi connectivity index (χ0n) is 38.9. The summed E-state index contributed by atoms with van der Waals surface area (Å²) in [6.07, 6.45) is 4.22. The molecule has 0 saturated heterocycles. The van der Waals surface area contributed by atoms with Gasteiger partial charge in [-0.15, -0.1) is 0 Å². The van der Waals surface area contributed by atoms with Gasteiger partial charge in [-0.3, -0.25) is 19.2 Å². The van der Waals surface area contributed by atoms with E-state index in [0.717, 1.165) is 41.5 Å². The number of hydrogen-bond donors (Lipinski definition) is 7. The number of para-hydroxylation sites is 1. The van der Waals surface area contributed by atoms with Crippen LogP contribution < -0.4 is 32.6 Å². The molecule has 0 radical (unpaired) electrons. The molecule has 0 spiro atoms. The SMILES string of the molecule is CCCCc1nc2c(N)nc3ccccc3c2n1CC(C)(C)NC(=O)CCOCCOCCOCCNC(=O)CC[C@H](NC(=O)c1ccc(NCc2cnc3nc(C)[nH]c(=O)c3n2)cc1)C(=O)O. The number of carbonyl (C=O) groups excluding carboxylic acids is 3. The number of unbranched alkanes of at least 4 members (excludes halogenated alkanes) is 1. The lowest BCUT2D eigenvalue weighted by atomic mass is 10.0. The van der Waals surface area contributed by atoms with Gasteiger partial charge >= 0.3 is 5.97 Å². The molecule has 0 aliphatic heterocycles. The number of aromatic nitrogens is 7. The number of aromatic amines is 1. The molecule has 4 aromatic heterocycles. The number of carboxylic acid groups (broad SMARTS) is 1. The second kappa shape index (κ2) is 24.1. The fourth-order valence-corrected chi connectivity index (χ4v) is 7.39. The molecule has 362 valence electrons. The maximum absolute atomic E-state index is 13.0. The van der Waals surface area contributed by atoms with Crippen molar-refractivity contribution in [3.05, 3.63) is 88.0 Å². The first-order valence-corrected chi connectivity index (χ1v) is 22.7. The van der Waals surface area contributed by atoms with Crippen molar-refractivity contribution in [2.75, 3.05) is 57.2 Å². The molecule has 3 amide bonds. The van der Waals surface area contributed by atoms with Crippen LogP contribution in [0.5, 0.6) is 0 Å². The number of nitrogens with one attached hydrogen (secondary N) is 5. The van der Waals surface area contributed by atoms with Gasteiger partial charge in [-0.1, -0.05) is 31.5 Å². The summed E-state index contributed by atoms with van der Waals surface area (Å²) in [7, 11) is 0. The lowest BCUT2D eigenvalue weighted by Crippen LogP contribution is -2.47. The van der Waals surface area contributed by atoms with Gasteiger partial charge in [0.05, 0.1) is 74.6 Å². The zero-order chi connectivity index (χ0) is 48.6. The van der Waals surface area contributed by atoms with Gasteiger partial charge in [0.1, 0.15) is 23.2 Å². The molecule has 0 aliphatic carbocycles. The maximum Gasteiger partial charge on any atom is 0.326 e. The van der Waals surface area contributed by atoms with Crippen LogP contribution in [0, 0.1) is 6.92 Å². The van der Waals surface area contributed by atoms with Gasteiger partial charge in [0.2, 0.25) is 11.8 Å². The summed E-state index contributed by atoms with van der Waals surface area (Å²) < 4.78 is 18.9. The van der Waals surface area contributed by atoms with Crippen LogP contribution in [-0.2, 0) is 48.1 Å². The first-order valence-electron chi connectivity index (χ1n) is 22.7. The summed E-state index contributed by atoms with van der Waals surface area (Å²) in [5.41, 5.74) is 9.53. The number of anilines is 2. The van der Waals surface area contributed by atoms with Crippen molar-refractivity contribution in [2.24, 2.45) is 0 Å². The number of H-pyrrole nitrogens is 1. The highest BCUT2D eigenvalue weighted by atomic mass is 16.5. The van der Waals surface area contributed by atoms with Crippen LogP contribution in [0.3, 0.4) is 0 Å². The first-order chi connectivity index (χ1) is 32.7. The van der Waals surface area contributed by atoms with E-state index in [1.807, 2.05) is 38.1 Å². The summed E-state index contributed by atoms with van der Waals surface area (Å²) in [5, 5.41) is 22.1. The fourth-order valence-electron chi connectivity index (χ4n) is 7.39. The predicted molar refractivity (Wildman–Crippen MR) is 255 cm³/mol. The summed E-state index contributed by atoms with van der Waals surface area (Å²) in [6, 6.07) is 12.9. The smallest absolute Gasteiger partial charge is 0.326 e. The molecule has 2 aromatic carbocycles. The standard InChI is InChI=1S/C47H60N12O9/c1-5-6-11-36-57-39-41(33-9-7-8-10-34(33)55-42(39)48)59(36)28-47(3,4)58-38(61)18-20-66-22-24-68-25-23-67-21-19-49-37(60)17-16-35(46(64)65)56-44(62)30-12-14-31(15-13-30)50-26-32-27-51-43-40(54-32)45(63)53-29(2)52-43/h7-10,12-15,27,35,50H,5-6,11,16-26,28H2,1-4H3,(H2,48,55)(H,49,60)(H,56,62)(H,58,61)(H,64,65)(H,51,52,53,63)/t35-/m0/s1. The highest BCUT2D eigenvalue weighted by Crippen LogP contribution is 2.30. The quantitative estimate of drug-likeness (QED) is 0.0363. The number of hydrogen-bond acceptors (Lipinski definition) is 15. The Balaban J connectivity index is 0.800. The fraction of sp³-hybridized carbons (Fsp3) is 0.447. The summed E-state index contributed by atoms with van der Waals surface area (Å²) in [5.74, 6) is -0.657. The molecule has 0 unspecified atom stereocenters. The van der Waals surface area contributed by atoms with E-state index in [9.17, 15) is 29.1 Å². The number of amides is 3. The van der Waals surface area contributed by atoms with Crippen LogP contribution in [0.2, 0.25) is 0 Å². The molecule has 0 bridgehead atoms. The number of carbonyl (C=O) groups is 4. The van der Waals surface area contributed by atoms with Gasteiger partial charge in [0.25, 0.3) is 11.5 Å². The van der Waals surface area contributed by atoms with Crippen molar-refractivity contribution in [3.8, 4) is 0 Å². The van der Waals surface area contributed by atoms with E-state index in [1.54, 1.807) is 19.1 Å². The Bertz CT molecular complexity index is 2760. The molecule has 1 atom stereocenters. The third kappa shape index (κ3) is 14.2. The van der Waals surface area contributed by atoms with E-state index in [-0.39, 0.29) is 86.3 Å². The Labute approximate surface area is 392 Å². The average molecular weight is 937 g/mol. The Morgan fingerprint density at radius 2 is 1.60 bits per heavy atom. The molecular formula is C47H60N12O9. The van der Waals surface area contributed by atoms with E-state index >= 15 is 0 Å². The number of nitrogens with zero attached hydrogens (tertiary/aromatic N) is 6. The minimum atomic E-state index is -1.29. The highest BCUT2D eigenvalue weighted by Gasteiger charge is 2.26. The Hall–Kier alpha value is -7.10. The van der Waals surface area contributed by atoms with Crippen LogP contribution in [0.25, 0.3) is 33.1 Å². The van der Waals surface area contributed by atoms with Crippen LogP contribution in [-0.4, -0.2) is 121 Å². The number of benzene rings is 2. The molecule has 0 aliphatic rings. The molecule has 6 rings (SSSR count). The van der Waals surface area contributed by atoms with E-state index in [1.165, 1.54) is 18.3 Å². The molecule has 68 heavy (non-hydrogen) atoms. The third-order valence-electron chi connectivity index (χ3n) is 10.7. The predicted octanol–water partition coefficient (Wildman–Crippen LogP) is 3.57. The van der Waals surface area contributed by atoms with Crippen LogP contribution in [0.4, 0.5) is 11.5 Å². The molecule has 6 aromatic rings. The highest BCUT2D eigenvalue weighted by molar-refractivity contribution is 6.06. The van der Waals surface area contributed by atoms with Gasteiger partial charge in [-0.2, -0.15) is 0 Å². The van der Waals surface area contributed by atoms with Crippen molar-refractivity contribution < 1.29 is 38.5 Å². The van der Waals surface area contributed by atoms with E-state index < -0.39 is 23.5 Å². The summed E-state index contributed by atoms with van der Waals surface area (Å²) in [4.78, 5) is 87.1. The largest absolute Gasteiger partial charge is 0.480 e. The van der Waals surface area contributed by atoms with Gasteiger partial charge in [0, 0.05) is 49.0 Å². The van der Waals surface area contributed by atoms with E-state index in [0.29, 0.717) is 54.9 Å². The lowest BCUT2D eigenvalue weighted by Gasteiger charge is -2.28. The molecule has 21 nitrogen and oxygen atoms in total. The Kier molecular flexibility index (Phi) is 17.8. The molecule has 4 heterocycles. The van der Waals surface area contributed by atoms with Crippen molar-refractivity contribution in [3.63, 3.8) is 0 Å². The summed E-state index contributed by atoms with van der Waals surface area (Å²) in [6.45, 7) is 10.3. The van der Waals surface area contributed by atoms with E-state index in [4.69, 9.17) is 24.9 Å². The van der Waals surface area contributed by atoms with Gasteiger partial charge in [-0.25, -0.2) is 29.7 Å².